The van der Waals surface area contributed by atoms with Crippen molar-refractivity contribution in [2.45, 2.75) is 12.5 Å². The van der Waals surface area contributed by atoms with E-state index in [0.29, 0.717) is 5.69 Å². The van der Waals surface area contributed by atoms with Crippen LogP contribution in [-0.4, -0.2) is 20.6 Å². The quantitative estimate of drug-likeness (QED) is 0.557. The lowest BCUT2D eigenvalue weighted by Crippen LogP contribution is -2.14. The summed E-state index contributed by atoms with van der Waals surface area (Å²) in [6.07, 6.45) is 1.67. The SMILES string of the molecule is Nc1ccc2c(c1)ncn2C(CC(=O)O)c1ccc2ccccc2c1. The van der Waals surface area contributed by atoms with Crippen LogP contribution in [0.4, 0.5) is 5.69 Å². The monoisotopic (exact) mass is 331 g/mol. The van der Waals surface area contributed by atoms with E-state index >= 15 is 0 Å². The molecule has 25 heavy (non-hydrogen) atoms. The molecule has 0 bridgehead atoms. The molecule has 0 fully saturated rings. The van der Waals surface area contributed by atoms with E-state index in [0.717, 1.165) is 27.4 Å². The number of imidazole rings is 1. The van der Waals surface area contributed by atoms with Gasteiger partial charge < -0.3 is 15.4 Å². The second kappa shape index (κ2) is 5.94. The molecule has 3 N–H and O–H groups in total. The lowest BCUT2D eigenvalue weighted by molar-refractivity contribution is -0.137. The summed E-state index contributed by atoms with van der Waals surface area (Å²) >= 11 is 0. The summed E-state index contributed by atoms with van der Waals surface area (Å²) in [5.41, 5.74) is 9.03. The van der Waals surface area contributed by atoms with Crippen molar-refractivity contribution in [1.29, 1.82) is 0 Å². The molecule has 4 rings (SSSR count). The summed E-state index contributed by atoms with van der Waals surface area (Å²) in [7, 11) is 0. The fourth-order valence-corrected chi connectivity index (χ4v) is 3.25. The van der Waals surface area contributed by atoms with Crippen molar-refractivity contribution < 1.29 is 9.90 Å². The van der Waals surface area contributed by atoms with Crippen LogP contribution in [0, 0.1) is 0 Å². The number of hydrogen-bond acceptors (Lipinski definition) is 3. The van der Waals surface area contributed by atoms with E-state index in [9.17, 15) is 9.90 Å². The Labute approximate surface area is 144 Å². The Morgan fingerprint density at radius 1 is 1.08 bits per heavy atom. The number of carboxylic acids is 1. The van der Waals surface area contributed by atoms with Crippen LogP contribution in [0.5, 0.6) is 0 Å². The Balaban J connectivity index is 1.87. The number of carbonyl (C=O) groups is 1. The van der Waals surface area contributed by atoms with Gasteiger partial charge in [0.15, 0.2) is 0 Å². The van der Waals surface area contributed by atoms with Crippen LogP contribution in [0.2, 0.25) is 0 Å². The molecule has 5 nitrogen and oxygen atoms in total. The van der Waals surface area contributed by atoms with Crippen LogP contribution in [0.1, 0.15) is 18.0 Å². The Kier molecular flexibility index (Phi) is 3.61. The highest BCUT2D eigenvalue weighted by atomic mass is 16.4. The molecule has 124 valence electrons. The molecule has 4 aromatic rings. The lowest BCUT2D eigenvalue weighted by atomic mass is 9.99. The minimum absolute atomic E-state index is 0.0197. The molecule has 0 saturated heterocycles. The molecule has 5 heteroatoms. The summed E-state index contributed by atoms with van der Waals surface area (Å²) in [4.78, 5) is 15.9. The number of nitrogen functional groups attached to an aromatic ring is 1. The molecule has 1 unspecified atom stereocenters. The topological polar surface area (TPSA) is 81.1 Å². The van der Waals surface area contributed by atoms with Crippen molar-refractivity contribution in [3.63, 3.8) is 0 Å². The van der Waals surface area contributed by atoms with Gasteiger partial charge in [0.25, 0.3) is 0 Å². The molecule has 0 aliphatic carbocycles. The lowest BCUT2D eigenvalue weighted by Gasteiger charge is -2.19. The summed E-state index contributed by atoms with van der Waals surface area (Å²) in [6, 6.07) is 19.2. The number of nitrogens with zero attached hydrogens (tertiary/aromatic N) is 2. The van der Waals surface area contributed by atoms with E-state index in [2.05, 4.69) is 4.98 Å². The van der Waals surface area contributed by atoms with Gasteiger partial charge in [-0.3, -0.25) is 4.79 Å². The third-order valence-corrected chi connectivity index (χ3v) is 4.46. The Morgan fingerprint density at radius 3 is 2.68 bits per heavy atom. The number of rotatable bonds is 4. The summed E-state index contributed by atoms with van der Waals surface area (Å²) < 4.78 is 1.91. The molecule has 1 aromatic heterocycles. The molecule has 0 radical (unpaired) electrons. The standard InChI is InChI=1S/C20H17N3O2/c21-16-7-8-18-17(10-16)22-12-23(18)19(11-20(24)25)15-6-5-13-3-1-2-4-14(13)9-15/h1-10,12,19H,11,21H2,(H,24,25). The van der Waals surface area contributed by atoms with Gasteiger partial charge in [-0.15, -0.1) is 0 Å². The first-order valence-corrected chi connectivity index (χ1v) is 8.04. The van der Waals surface area contributed by atoms with Crippen molar-refractivity contribution in [1.82, 2.24) is 9.55 Å². The minimum atomic E-state index is -0.851. The molecule has 0 amide bonds. The molecule has 0 aliphatic rings. The molecular formula is C20H17N3O2. The number of benzene rings is 3. The highest BCUT2D eigenvalue weighted by molar-refractivity contribution is 5.84. The van der Waals surface area contributed by atoms with Gasteiger partial charge in [0.05, 0.1) is 29.8 Å². The molecule has 0 aliphatic heterocycles. The number of fused-ring (bicyclic) bond motifs is 2. The fraction of sp³-hybridized carbons (Fsp3) is 0.100. The average molecular weight is 331 g/mol. The van der Waals surface area contributed by atoms with Crippen molar-refractivity contribution in [3.05, 3.63) is 72.6 Å². The average Bonchev–Trinajstić information content (AvgIpc) is 3.02. The smallest absolute Gasteiger partial charge is 0.305 e. The zero-order chi connectivity index (χ0) is 17.4. The maximum absolute atomic E-state index is 11.5. The van der Waals surface area contributed by atoms with Crippen LogP contribution in [0.25, 0.3) is 21.8 Å². The summed E-state index contributed by atoms with van der Waals surface area (Å²) in [6.45, 7) is 0. The zero-order valence-corrected chi connectivity index (χ0v) is 13.5. The van der Waals surface area contributed by atoms with Crippen LogP contribution in [0.15, 0.2) is 67.0 Å². The van der Waals surface area contributed by atoms with Gasteiger partial charge in [-0.25, -0.2) is 4.98 Å². The van der Waals surface area contributed by atoms with Crippen LogP contribution in [0.3, 0.4) is 0 Å². The third kappa shape index (κ3) is 2.80. The van der Waals surface area contributed by atoms with Crippen LogP contribution < -0.4 is 5.73 Å². The molecule has 0 spiro atoms. The summed E-state index contributed by atoms with van der Waals surface area (Å²) in [5, 5.41) is 11.6. The first-order valence-electron chi connectivity index (χ1n) is 8.04. The van der Waals surface area contributed by atoms with Gasteiger partial charge in [-0.2, -0.15) is 0 Å². The van der Waals surface area contributed by atoms with Crippen molar-refractivity contribution in [2.24, 2.45) is 0 Å². The molecule has 0 saturated carbocycles. The summed E-state index contributed by atoms with van der Waals surface area (Å²) in [5.74, 6) is -0.851. The Bertz CT molecular complexity index is 1080. The maximum atomic E-state index is 11.5. The molecule has 3 aromatic carbocycles. The number of aliphatic carboxylic acids is 1. The first-order chi connectivity index (χ1) is 12.1. The van der Waals surface area contributed by atoms with E-state index in [1.807, 2.05) is 53.1 Å². The van der Waals surface area contributed by atoms with Crippen LogP contribution in [-0.2, 0) is 4.79 Å². The zero-order valence-electron chi connectivity index (χ0n) is 13.5. The van der Waals surface area contributed by atoms with E-state index in [1.54, 1.807) is 18.5 Å². The second-order valence-corrected chi connectivity index (χ2v) is 6.12. The van der Waals surface area contributed by atoms with E-state index in [-0.39, 0.29) is 12.5 Å². The number of carboxylic acid groups (broad SMARTS) is 1. The minimum Gasteiger partial charge on any atom is -0.481 e. The van der Waals surface area contributed by atoms with Gasteiger partial charge in [0.2, 0.25) is 0 Å². The van der Waals surface area contributed by atoms with Crippen LogP contribution >= 0.6 is 0 Å². The second-order valence-electron chi connectivity index (χ2n) is 6.12. The molecule has 1 heterocycles. The molecule has 1 atom stereocenters. The number of anilines is 1. The van der Waals surface area contributed by atoms with Crippen molar-refractivity contribution >= 4 is 33.5 Å². The van der Waals surface area contributed by atoms with Gasteiger partial charge >= 0.3 is 5.97 Å². The fourth-order valence-electron chi connectivity index (χ4n) is 3.25. The van der Waals surface area contributed by atoms with Gasteiger partial charge in [-0.1, -0.05) is 36.4 Å². The number of aromatic nitrogens is 2. The van der Waals surface area contributed by atoms with Crippen molar-refractivity contribution in [3.8, 4) is 0 Å². The highest BCUT2D eigenvalue weighted by Gasteiger charge is 2.20. The predicted octanol–water partition coefficient (Wildman–Crippen LogP) is 3.84. The van der Waals surface area contributed by atoms with Gasteiger partial charge in [0, 0.05) is 5.69 Å². The van der Waals surface area contributed by atoms with E-state index in [1.165, 1.54) is 0 Å². The number of nitrogens with two attached hydrogens (primary N) is 1. The van der Waals surface area contributed by atoms with E-state index < -0.39 is 5.97 Å². The van der Waals surface area contributed by atoms with Crippen molar-refractivity contribution in [2.75, 3.05) is 5.73 Å². The Hall–Kier alpha value is -3.34. The maximum Gasteiger partial charge on any atom is 0.305 e. The normalized spacial score (nSPS) is 12.5. The molecular weight excluding hydrogens is 314 g/mol. The third-order valence-electron chi connectivity index (χ3n) is 4.46. The van der Waals surface area contributed by atoms with E-state index in [4.69, 9.17) is 5.73 Å². The largest absolute Gasteiger partial charge is 0.481 e. The number of hydrogen-bond donors (Lipinski definition) is 2. The predicted molar refractivity (Wildman–Crippen MR) is 98.5 cm³/mol. The van der Waals surface area contributed by atoms with Gasteiger partial charge in [0.1, 0.15) is 0 Å². The Morgan fingerprint density at radius 2 is 1.88 bits per heavy atom. The van der Waals surface area contributed by atoms with Gasteiger partial charge in [-0.05, 0) is 40.6 Å². The first kappa shape index (κ1) is 15.2. The highest BCUT2D eigenvalue weighted by Crippen LogP contribution is 2.29.